The van der Waals surface area contributed by atoms with Gasteiger partial charge in [0.15, 0.2) is 0 Å². The molecule has 0 saturated carbocycles. The average Bonchev–Trinajstić information content (AvgIpc) is 2.48. The number of aromatic nitrogens is 2. The molecule has 5 nitrogen and oxygen atoms in total. The Morgan fingerprint density at radius 3 is 3.00 bits per heavy atom. The highest BCUT2D eigenvalue weighted by Gasteiger charge is 2.32. The second kappa shape index (κ2) is 3.37. The van der Waals surface area contributed by atoms with Crippen LogP contribution in [0.1, 0.15) is 18.2 Å². The molecule has 0 spiro atoms. The summed E-state index contributed by atoms with van der Waals surface area (Å²) in [5.74, 6) is 5.71. The van der Waals surface area contributed by atoms with Crippen LogP contribution in [0.3, 0.4) is 0 Å². The van der Waals surface area contributed by atoms with E-state index in [1.807, 2.05) is 0 Å². The molecule has 13 heavy (non-hydrogen) atoms. The van der Waals surface area contributed by atoms with Crippen LogP contribution >= 0.6 is 0 Å². The van der Waals surface area contributed by atoms with Crippen molar-refractivity contribution < 1.29 is 5.11 Å². The lowest BCUT2D eigenvalue weighted by Gasteiger charge is -2.20. The van der Waals surface area contributed by atoms with Gasteiger partial charge in [0.05, 0.1) is 17.8 Å². The Hall–Kier alpha value is -1.04. The predicted molar refractivity (Wildman–Crippen MR) is 46.3 cm³/mol. The van der Waals surface area contributed by atoms with Crippen molar-refractivity contribution in [2.45, 2.75) is 18.6 Å². The molecular weight excluding hydrogens is 168 g/mol. The molecule has 2 rings (SSSR count). The molecule has 5 heteroatoms. The molecule has 1 aliphatic rings. The van der Waals surface area contributed by atoms with Gasteiger partial charge in [-0.05, 0) is 12.5 Å². The van der Waals surface area contributed by atoms with Crippen molar-refractivity contribution in [3.8, 4) is 0 Å². The summed E-state index contributed by atoms with van der Waals surface area (Å²) in [5, 5.41) is 11.2. The number of aliphatic hydroxyl groups excluding tert-OH is 1. The van der Waals surface area contributed by atoms with Crippen molar-refractivity contribution in [2.75, 3.05) is 6.54 Å². The quantitative estimate of drug-likeness (QED) is 0.567. The first kappa shape index (κ1) is 8.55. The molecule has 0 aliphatic carbocycles. The van der Waals surface area contributed by atoms with E-state index in [0.717, 1.165) is 5.69 Å². The molecule has 1 saturated heterocycles. The number of hydrogen-bond donors (Lipinski definition) is 2. The van der Waals surface area contributed by atoms with Crippen LogP contribution in [0.5, 0.6) is 0 Å². The van der Waals surface area contributed by atoms with Gasteiger partial charge in [0.2, 0.25) is 0 Å². The van der Waals surface area contributed by atoms with Crippen LogP contribution in [0.15, 0.2) is 18.6 Å². The number of aliphatic hydroxyl groups is 1. The van der Waals surface area contributed by atoms with Crippen LogP contribution in [-0.4, -0.2) is 32.7 Å². The summed E-state index contributed by atoms with van der Waals surface area (Å²) < 4.78 is 0. The second-order valence-corrected chi connectivity index (χ2v) is 3.17. The van der Waals surface area contributed by atoms with E-state index in [1.54, 1.807) is 17.3 Å². The maximum absolute atomic E-state index is 9.63. The normalized spacial score (nSPS) is 29.4. The minimum Gasteiger partial charge on any atom is -0.391 e. The number of rotatable bonds is 1. The molecular formula is C8H12N4O. The van der Waals surface area contributed by atoms with Gasteiger partial charge >= 0.3 is 0 Å². The fraction of sp³-hybridized carbons (Fsp3) is 0.500. The van der Waals surface area contributed by atoms with Crippen molar-refractivity contribution in [3.63, 3.8) is 0 Å². The van der Waals surface area contributed by atoms with Crippen molar-refractivity contribution in [3.05, 3.63) is 24.3 Å². The van der Waals surface area contributed by atoms with Crippen LogP contribution in [-0.2, 0) is 0 Å². The fourth-order valence-corrected chi connectivity index (χ4v) is 1.64. The standard InChI is InChI=1S/C8H12N4O/c9-12-4-2-7(13)8(12)6-1-3-10-5-11-6/h1,3,5,7-8,13H,2,4,9H2. The first-order chi connectivity index (χ1) is 6.29. The van der Waals surface area contributed by atoms with Crippen LogP contribution in [0.25, 0.3) is 0 Å². The number of nitrogens with zero attached hydrogens (tertiary/aromatic N) is 3. The number of hydrazine groups is 1. The zero-order valence-corrected chi connectivity index (χ0v) is 7.17. The van der Waals surface area contributed by atoms with Crippen LogP contribution in [0.4, 0.5) is 0 Å². The summed E-state index contributed by atoms with van der Waals surface area (Å²) >= 11 is 0. The molecule has 1 aromatic heterocycles. The minimum atomic E-state index is -0.417. The molecule has 70 valence electrons. The van der Waals surface area contributed by atoms with Gasteiger partial charge in [0.1, 0.15) is 6.33 Å². The summed E-state index contributed by atoms with van der Waals surface area (Å²) in [7, 11) is 0. The Balaban J connectivity index is 2.25. The molecule has 1 fully saturated rings. The summed E-state index contributed by atoms with van der Waals surface area (Å²) in [6, 6.07) is 1.60. The third-order valence-electron chi connectivity index (χ3n) is 2.31. The second-order valence-electron chi connectivity index (χ2n) is 3.17. The lowest BCUT2D eigenvalue weighted by molar-refractivity contribution is 0.114. The smallest absolute Gasteiger partial charge is 0.115 e. The maximum Gasteiger partial charge on any atom is 0.115 e. The third-order valence-corrected chi connectivity index (χ3v) is 2.31. The van der Waals surface area contributed by atoms with Crippen LogP contribution in [0, 0.1) is 0 Å². The fourth-order valence-electron chi connectivity index (χ4n) is 1.64. The molecule has 0 bridgehead atoms. The molecule has 3 N–H and O–H groups in total. The van der Waals surface area contributed by atoms with Gasteiger partial charge in [-0.25, -0.2) is 15.0 Å². The third kappa shape index (κ3) is 1.53. The van der Waals surface area contributed by atoms with E-state index in [-0.39, 0.29) is 6.04 Å². The Bertz CT molecular complexity index is 269. The Morgan fingerprint density at radius 2 is 2.46 bits per heavy atom. The highest BCUT2D eigenvalue weighted by Crippen LogP contribution is 2.27. The predicted octanol–water partition coefficient (Wildman–Crippen LogP) is -0.542. The average molecular weight is 180 g/mol. The molecule has 2 heterocycles. The van der Waals surface area contributed by atoms with Crippen molar-refractivity contribution in [1.82, 2.24) is 15.0 Å². The first-order valence-corrected chi connectivity index (χ1v) is 4.24. The Labute approximate surface area is 76.2 Å². The van der Waals surface area contributed by atoms with Gasteiger partial charge in [0, 0.05) is 12.7 Å². The topological polar surface area (TPSA) is 75.3 Å². The summed E-state index contributed by atoms with van der Waals surface area (Å²) in [6.45, 7) is 0.704. The van der Waals surface area contributed by atoms with Crippen LogP contribution in [0.2, 0.25) is 0 Å². The zero-order valence-electron chi connectivity index (χ0n) is 7.17. The van der Waals surface area contributed by atoms with E-state index >= 15 is 0 Å². The number of hydrogen-bond acceptors (Lipinski definition) is 5. The van der Waals surface area contributed by atoms with E-state index in [4.69, 9.17) is 5.84 Å². The van der Waals surface area contributed by atoms with E-state index in [2.05, 4.69) is 9.97 Å². The first-order valence-electron chi connectivity index (χ1n) is 4.24. The molecule has 0 aromatic carbocycles. The molecule has 2 atom stereocenters. The van der Waals surface area contributed by atoms with Gasteiger partial charge in [-0.3, -0.25) is 5.84 Å². The highest BCUT2D eigenvalue weighted by molar-refractivity contribution is 5.09. The summed E-state index contributed by atoms with van der Waals surface area (Å²) in [4.78, 5) is 7.88. The maximum atomic E-state index is 9.63. The Morgan fingerprint density at radius 1 is 1.62 bits per heavy atom. The van der Waals surface area contributed by atoms with Gasteiger partial charge in [-0.15, -0.1) is 0 Å². The van der Waals surface area contributed by atoms with E-state index in [9.17, 15) is 5.11 Å². The molecule has 2 unspecified atom stereocenters. The van der Waals surface area contributed by atoms with E-state index in [1.165, 1.54) is 6.33 Å². The van der Waals surface area contributed by atoms with Gasteiger partial charge in [0.25, 0.3) is 0 Å². The Kier molecular flexibility index (Phi) is 2.22. The van der Waals surface area contributed by atoms with Crippen LogP contribution < -0.4 is 5.84 Å². The van der Waals surface area contributed by atoms with Gasteiger partial charge < -0.3 is 5.11 Å². The van der Waals surface area contributed by atoms with Crippen molar-refractivity contribution in [2.24, 2.45) is 5.84 Å². The molecule has 1 aliphatic heterocycles. The number of nitrogens with two attached hydrogens (primary N) is 1. The SMILES string of the molecule is NN1CCC(O)C1c1ccncn1. The lowest BCUT2D eigenvalue weighted by atomic mass is 10.1. The van der Waals surface area contributed by atoms with Crippen molar-refractivity contribution >= 4 is 0 Å². The zero-order chi connectivity index (χ0) is 9.26. The van der Waals surface area contributed by atoms with Gasteiger partial charge in [-0.1, -0.05) is 0 Å². The molecule has 0 amide bonds. The molecule has 1 aromatic rings. The monoisotopic (exact) mass is 180 g/mol. The molecule has 0 radical (unpaired) electrons. The minimum absolute atomic E-state index is 0.178. The van der Waals surface area contributed by atoms with Gasteiger partial charge in [-0.2, -0.15) is 0 Å². The van der Waals surface area contributed by atoms with E-state index < -0.39 is 6.10 Å². The van der Waals surface area contributed by atoms with E-state index in [0.29, 0.717) is 13.0 Å². The highest BCUT2D eigenvalue weighted by atomic mass is 16.3. The largest absolute Gasteiger partial charge is 0.391 e. The summed E-state index contributed by atoms with van der Waals surface area (Å²) in [6.07, 6.45) is 3.40. The summed E-state index contributed by atoms with van der Waals surface area (Å²) in [5.41, 5.74) is 0.780. The van der Waals surface area contributed by atoms with Crippen molar-refractivity contribution in [1.29, 1.82) is 0 Å². The lowest BCUT2D eigenvalue weighted by Crippen LogP contribution is -2.33.